The lowest BCUT2D eigenvalue weighted by Gasteiger charge is -2.36. The van der Waals surface area contributed by atoms with Crippen LogP contribution >= 0.6 is 34.8 Å². The molecule has 1 aromatic heterocycles. The molecular formula is C28H22Cl3N3O3. The Morgan fingerprint density at radius 1 is 0.784 bits per heavy atom. The highest BCUT2D eigenvalue weighted by molar-refractivity contribution is 6.43. The highest BCUT2D eigenvalue weighted by Crippen LogP contribution is 2.35. The Balaban J connectivity index is 1.22. The SMILES string of the molecule is O=C(Nc1ccc(N2CCN(C(=O)c3ccccc3)CC2)c(Cl)c1)c1ccc(-c2cccc(Cl)c2Cl)o1. The van der Waals surface area contributed by atoms with Crippen molar-refractivity contribution in [1.29, 1.82) is 0 Å². The molecule has 0 spiro atoms. The van der Waals surface area contributed by atoms with Gasteiger partial charge in [-0.05, 0) is 54.6 Å². The molecule has 4 aromatic rings. The molecule has 3 aromatic carbocycles. The van der Waals surface area contributed by atoms with Gasteiger partial charge in [-0.15, -0.1) is 0 Å². The molecule has 0 bridgehead atoms. The maximum Gasteiger partial charge on any atom is 0.291 e. The monoisotopic (exact) mass is 553 g/mol. The molecule has 5 rings (SSSR count). The molecule has 0 radical (unpaired) electrons. The Kier molecular flexibility index (Phi) is 7.42. The molecule has 0 unspecified atom stereocenters. The third kappa shape index (κ3) is 5.47. The standard InChI is InChI=1S/C28H22Cl3N3O3/c29-21-8-4-7-20(26(21)31)24-11-12-25(37-24)27(35)32-19-9-10-23(22(30)17-19)33-13-15-34(16-14-33)28(36)18-5-2-1-3-6-18/h1-12,17H,13-16H2,(H,32,35). The first kappa shape index (κ1) is 25.2. The largest absolute Gasteiger partial charge is 0.451 e. The first-order valence-corrected chi connectivity index (χ1v) is 12.8. The van der Waals surface area contributed by atoms with E-state index in [9.17, 15) is 9.59 Å². The smallest absolute Gasteiger partial charge is 0.291 e. The summed E-state index contributed by atoms with van der Waals surface area (Å²) in [6.45, 7) is 2.51. The fraction of sp³-hybridized carbons (Fsp3) is 0.143. The zero-order valence-corrected chi connectivity index (χ0v) is 21.9. The Labute approximate surface area is 229 Å². The molecule has 1 aliphatic rings. The maximum absolute atomic E-state index is 12.8. The number of hydrogen-bond donors (Lipinski definition) is 1. The van der Waals surface area contributed by atoms with Gasteiger partial charge < -0.3 is 19.5 Å². The lowest BCUT2D eigenvalue weighted by atomic mass is 10.1. The third-order valence-electron chi connectivity index (χ3n) is 6.18. The van der Waals surface area contributed by atoms with E-state index in [0.717, 1.165) is 5.69 Å². The molecule has 1 aliphatic heterocycles. The van der Waals surface area contributed by atoms with Gasteiger partial charge in [0, 0.05) is 43.0 Å². The Bertz CT molecular complexity index is 1450. The van der Waals surface area contributed by atoms with Crippen LogP contribution in [0.15, 0.2) is 83.3 Å². The molecule has 1 N–H and O–H groups in total. The maximum atomic E-state index is 12.8. The second kappa shape index (κ2) is 10.9. The predicted octanol–water partition coefficient (Wildman–Crippen LogP) is 7.12. The highest BCUT2D eigenvalue weighted by Gasteiger charge is 2.23. The van der Waals surface area contributed by atoms with E-state index in [2.05, 4.69) is 10.2 Å². The van der Waals surface area contributed by atoms with Crippen LogP contribution in [0.2, 0.25) is 15.1 Å². The zero-order valence-electron chi connectivity index (χ0n) is 19.6. The number of halogens is 3. The van der Waals surface area contributed by atoms with Crippen molar-refractivity contribution in [2.24, 2.45) is 0 Å². The second-order valence-electron chi connectivity index (χ2n) is 8.53. The quantitative estimate of drug-likeness (QED) is 0.285. The van der Waals surface area contributed by atoms with E-state index >= 15 is 0 Å². The minimum Gasteiger partial charge on any atom is -0.451 e. The van der Waals surface area contributed by atoms with E-state index in [4.69, 9.17) is 39.2 Å². The Hall–Kier alpha value is -3.45. The highest BCUT2D eigenvalue weighted by atomic mass is 35.5. The van der Waals surface area contributed by atoms with Gasteiger partial charge in [0.1, 0.15) is 5.76 Å². The van der Waals surface area contributed by atoms with Gasteiger partial charge in [-0.2, -0.15) is 0 Å². The summed E-state index contributed by atoms with van der Waals surface area (Å²) in [6.07, 6.45) is 0. The molecular weight excluding hydrogens is 533 g/mol. The zero-order chi connectivity index (χ0) is 25.9. The van der Waals surface area contributed by atoms with Gasteiger partial charge in [-0.1, -0.05) is 59.1 Å². The van der Waals surface area contributed by atoms with Gasteiger partial charge in [-0.25, -0.2) is 0 Å². The number of piperazine rings is 1. The average Bonchev–Trinajstić information content (AvgIpc) is 3.41. The second-order valence-corrected chi connectivity index (χ2v) is 9.72. The summed E-state index contributed by atoms with van der Waals surface area (Å²) in [5.74, 6) is 0.186. The molecule has 0 aliphatic carbocycles. The predicted molar refractivity (Wildman–Crippen MR) is 148 cm³/mol. The topological polar surface area (TPSA) is 65.8 Å². The number of nitrogens with zero attached hydrogens (tertiary/aromatic N) is 2. The first-order valence-electron chi connectivity index (χ1n) is 11.6. The molecule has 2 heterocycles. The van der Waals surface area contributed by atoms with Crippen molar-refractivity contribution < 1.29 is 14.0 Å². The van der Waals surface area contributed by atoms with E-state index in [-0.39, 0.29) is 11.7 Å². The van der Waals surface area contributed by atoms with Crippen LogP contribution in [0.4, 0.5) is 11.4 Å². The number of nitrogens with one attached hydrogen (secondary N) is 1. The van der Waals surface area contributed by atoms with Crippen molar-refractivity contribution in [1.82, 2.24) is 4.90 Å². The van der Waals surface area contributed by atoms with Gasteiger partial charge in [0.25, 0.3) is 11.8 Å². The molecule has 6 nitrogen and oxygen atoms in total. The molecule has 37 heavy (non-hydrogen) atoms. The summed E-state index contributed by atoms with van der Waals surface area (Å²) >= 11 is 18.9. The van der Waals surface area contributed by atoms with Crippen LogP contribution in [0.5, 0.6) is 0 Å². The number of rotatable bonds is 5. The minimum atomic E-state index is -0.416. The van der Waals surface area contributed by atoms with E-state index in [0.29, 0.717) is 63.8 Å². The number of anilines is 2. The number of carbonyl (C=O) groups excluding carboxylic acids is 2. The van der Waals surface area contributed by atoms with Crippen LogP contribution in [-0.4, -0.2) is 42.9 Å². The number of hydrogen-bond acceptors (Lipinski definition) is 4. The Morgan fingerprint density at radius 3 is 2.27 bits per heavy atom. The van der Waals surface area contributed by atoms with E-state index in [1.54, 1.807) is 42.5 Å². The fourth-order valence-electron chi connectivity index (χ4n) is 4.25. The van der Waals surface area contributed by atoms with Gasteiger partial charge in [0.2, 0.25) is 0 Å². The normalized spacial score (nSPS) is 13.5. The van der Waals surface area contributed by atoms with Crippen LogP contribution in [-0.2, 0) is 0 Å². The van der Waals surface area contributed by atoms with Gasteiger partial charge in [-0.3, -0.25) is 9.59 Å². The van der Waals surface area contributed by atoms with Crippen LogP contribution in [0.1, 0.15) is 20.9 Å². The van der Waals surface area contributed by atoms with Crippen molar-refractivity contribution in [2.45, 2.75) is 0 Å². The van der Waals surface area contributed by atoms with E-state index in [1.807, 2.05) is 41.3 Å². The summed E-state index contributed by atoms with van der Waals surface area (Å²) in [5.41, 5.74) is 2.68. The number of carbonyl (C=O) groups is 2. The summed E-state index contributed by atoms with van der Waals surface area (Å²) in [6, 6.07) is 23.1. The van der Waals surface area contributed by atoms with Crippen LogP contribution in [0.3, 0.4) is 0 Å². The molecule has 188 valence electrons. The van der Waals surface area contributed by atoms with E-state index in [1.165, 1.54) is 0 Å². The molecule has 9 heteroatoms. The van der Waals surface area contributed by atoms with Crippen LogP contribution in [0.25, 0.3) is 11.3 Å². The fourth-order valence-corrected chi connectivity index (χ4v) is 4.94. The molecule has 0 atom stereocenters. The van der Waals surface area contributed by atoms with Crippen molar-refractivity contribution in [2.75, 3.05) is 36.4 Å². The van der Waals surface area contributed by atoms with Gasteiger partial charge in [0.15, 0.2) is 5.76 Å². The number of amides is 2. The van der Waals surface area contributed by atoms with Gasteiger partial charge >= 0.3 is 0 Å². The summed E-state index contributed by atoms with van der Waals surface area (Å²) in [7, 11) is 0. The van der Waals surface area contributed by atoms with E-state index < -0.39 is 5.91 Å². The summed E-state index contributed by atoms with van der Waals surface area (Å²) in [4.78, 5) is 29.5. The number of furan rings is 1. The molecule has 1 fully saturated rings. The molecule has 1 saturated heterocycles. The molecule has 2 amide bonds. The van der Waals surface area contributed by atoms with Crippen molar-refractivity contribution in [3.05, 3.63) is 105 Å². The van der Waals surface area contributed by atoms with Crippen molar-refractivity contribution in [3.8, 4) is 11.3 Å². The van der Waals surface area contributed by atoms with Crippen LogP contribution in [0, 0.1) is 0 Å². The lowest BCUT2D eigenvalue weighted by molar-refractivity contribution is 0.0746. The summed E-state index contributed by atoms with van der Waals surface area (Å²) < 4.78 is 5.72. The lowest BCUT2D eigenvalue weighted by Crippen LogP contribution is -2.48. The Morgan fingerprint density at radius 2 is 1.54 bits per heavy atom. The average molecular weight is 555 g/mol. The third-order valence-corrected chi connectivity index (χ3v) is 7.30. The van der Waals surface area contributed by atoms with Crippen molar-refractivity contribution in [3.63, 3.8) is 0 Å². The van der Waals surface area contributed by atoms with Crippen molar-refractivity contribution >= 4 is 58.0 Å². The minimum absolute atomic E-state index is 0.0307. The van der Waals surface area contributed by atoms with Gasteiger partial charge in [0.05, 0.1) is 20.8 Å². The summed E-state index contributed by atoms with van der Waals surface area (Å²) in [5, 5.41) is 4.08. The first-order chi connectivity index (χ1) is 17.9. The van der Waals surface area contributed by atoms with Crippen LogP contribution < -0.4 is 10.2 Å². The number of benzene rings is 3. The molecule has 0 saturated carbocycles.